The van der Waals surface area contributed by atoms with E-state index in [1.807, 2.05) is 13.8 Å². The van der Waals surface area contributed by atoms with Crippen LogP contribution in [0.25, 0.3) is 11.5 Å². The summed E-state index contributed by atoms with van der Waals surface area (Å²) in [6, 6.07) is 6.31. The molecule has 1 heterocycles. The first kappa shape index (κ1) is 20.3. The third-order valence-electron chi connectivity index (χ3n) is 3.81. The zero-order chi connectivity index (χ0) is 19.1. The minimum absolute atomic E-state index is 0.0312. The van der Waals surface area contributed by atoms with Crippen molar-refractivity contribution in [2.75, 3.05) is 12.9 Å². The van der Waals surface area contributed by atoms with Crippen LogP contribution in [0.2, 0.25) is 5.02 Å². The largest absolute Gasteiger partial charge is 0.467 e. The number of hydrogen-bond donors (Lipinski definition) is 1. The lowest BCUT2D eigenvalue weighted by Gasteiger charge is -2.21. The molecule has 2 aromatic rings. The van der Waals surface area contributed by atoms with Gasteiger partial charge in [-0.3, -0.25) is 4.79 Å². The molecular formula is C17H20ClN3O4S. The predicted molar refractivity (Wildman–Crippen MR) is 98.9 cm³/mol. The highest BCUT2D eigenvalue weighted by Crippen LogP contribution is 2.24. The Hall–Kier alpha value is -2.06. The van der Waals surface area contributed by atoms with Crippen molar-refractivity contribution in [3.8, 4) is 11.5 Å². The van der Waals surface area contributed by atoms with Crippen molar-refractivity contribution in [3.05, 3.63) is 29.3 Å². The van der Waals surface area contributed by atoms with Crippen molar-refractivity contribution >= 4 is 35.2 Å². The summed E-state index contributed by atoms with van der Waals surface area (Å²) >= 11 is 6.94. The minimum Gasteiger partial charge on any atom is -0.467 e. The van der Waals surface area contributed by atoms with Gasteiger partial charge in [0.05, 0.1) is 12.9 Å². The number of benzene rings is 1. The smallest absolute Gasteiger partial charge is 0.328 e. The second-order valence-electron chi connectivity index (χ2n) is 5.62. The van der Waals surface area contributed by atoms with Gasteiger partial charge in [-0.25, -0.2) is 4.79 Å². The van der Waals surface area contributed by atoms with E-state index >= 15 is 0 Å². The fraction of sp³-hybridized carbons (Fsp3) is 0.412. The number of carbonyl (C=O) groups is 2. The lowest BCUT2D eigenvalue weighted by atomic mass is 9.99. The third-order valence-corrected chi connectivity index (χ3v) is 4.88. The van der Waals surface area contributed by atoms with E-state index in [4.69, 9.17) is 20.8 Å². The molecule has 1 aromatic carbocycles. The van der Waals surface area contributed by atoms with Crippen molar-refractivity contribution in [1.82, 2.24) is 15.5 Å². The van der Waals surface area contributed by atoms with Gasteiger partial charge >= 0.3 is 5.97 Å². The van der Waals surface area contributed by atoms with E-state index in [0.717, 1.165) is 23.7 Å². The highest BCUT2D eigenvalue weighted by Gasteiger charge is 2.26. The van der Waals surface area contributed by atoms with Crippen LogP contribution in [-0.4, -0.2) is 41.0 Å². The molecule has 1 aromatic heterocycles. The summed E-state index contributed by atoms with van der Waals surface area (Å²) in [7, 11) is 1.30. The standard InChI is InChI=1S/C17H20ClN3O4S/c1-4-10(2)14(16(23)24-3)19-13(22)9-26-17-21-20-15(25-17)11-5-7-12(18)8-6-11/h5-8,10,14H,4,9H2,1-3H3,(H,19,22). The van der Waals surface area contributed by atoms with Gasteiger partial charge < -0.3 is 14.5 Å². The molecule has 0 aliphatic carbocycles. The van der Waals surface area contributed by atoms with Crippen LogP contribution in [0.3, 0.4) is 0 Å². The molecule has 2 rings (SSSR count). The molecule has 26 heavy (non-hydrogen) atoms. The Bertz CT molecular complexity index is 751. The van der Waals surface area contributed by atoms with E-state index in [1.54, 1.807) is 24.3 Å². The number of hydrogen-bond acceptors (Lipinski definition) is 7. The number of nitrogens with one attached hydrogen (secondary N) is 1. The lowest BCUT2D eigenvalue weighted by molar-refractivity contribution is -0.146. The molecular weight excluding hydrogens is 378 g/mol. The third kappa shape index (κ3) is 5.47. The SMILES string of the molecule is CCC(C)C(NC(=O)CSc1nnc(-c2ccc(Cl)cc2)o1)C(=O)OC. The number of ether oxygens (including phenoxy) is 1. The number of nitrogens with zero attached hydrogens (tertiary/aromatic N) is 2. The second-order valence-corrected chi connectivity index (χ2v) is 6.99. The summed E-state index contributed by atoms with van der Waals surface area (Å²) in [6.45, 7) is 3.82. The van der Waals surface area contributed by atoms with Crippen molar-refractivity contribution < 1.29 is 18.7 Å². The van der Waals surface area contributed by atoms with Gasteiger partial charge in [0.15, 0.2) is 0 Å². The molecule has 2 unspecified atom stereocenters. The number of carbonyl (C=O) groups excluding carboxylic acids is 2. The minimum atomic E-state index is -0.676. The molecule has 0 radical (unpaired) electrons. The zero-order valence-corrected chi connectivity index (χ0v) is 16.3. The maximum atomic E-state index is 12.1. The fourth-order valence-electron chi connectivity index (χ4n) is 2.12. The van der Waals surface area contributed by atoms with Crippen LogP contribution in [-0.2, 0) is 14.3 Å². The first-order chi connectivity index (χ1) is 12.4. The van der Waals surface area contributed by atoms with Gasteiger partial charge in [-0.2, -0.15) is 0 Å². The van der Waals surface area contributed by atoms with Crippen LogP contribution in [0.4, 0.5) is 0 Å². The zero-order valence-electron chi connectivity index (χ0n) is 14.7. The Balaban J connectivity index is 1.92. The van der Waals surface area contributed by atoms with Gasteiger partial charge in [-0.15, -0.1) is 10.2 Å². The molecule has 2 atom stereocenters. The second kappa shape index (κ2) is 9.59. The van der Waals surface area contributed by atoms with E-state index in [9.17, 15) is 9.59 Å². The molecule has 0 bridgehead atoms. The first-order valence-corrected chi connectivity index (χ1v) is 9.40. The molecule has 0 saturated heterocycles. The van der Waals surface area contributed by atoms with Crippen molar-refractivity contribution in [2.45, 2.75) is 31.5 Å². The maximum Gasteiger partial charge on any atom is 0.328 e. The Morgan fingerprint density at radius 2 is 2.00 bits per heavy atom. The molecule has 1 N–H and O–H groups in total. The Kier molecular flexibility index (Phi) is 7.47. The number of aromatic nitrogens is 2. The summed E-state index contributed by atoms with van der Waals surface area (Å²) in [6.07, 6.45) is 0.737. The molecule has 0 fully saturated rings. The van der Waals surface area contributed by atoms with Crippen molar-refractivity contribution in [3.63, 3.8) is 0 Å². The normalized spacial score (nSPS) is 13.1. The Morgan fingerprint density at radius 3 is 2.62 bits per heavy atom. The van der Waals surface area contributed by atoms with Crippen LogP contribution in [0, 0.1) is 5.92 Å². The number of esters is 1. The van der Waals surface area contributed by atoms with E-state index in [-0.39, 0.29) is 22.8 Å². The van der Waals surface area contributed by atoms with E-state index in [2.05, 4.69) is 15.5 Å². The summed E-state index contributed by atoms with van der Waals surface area (Å²) in [5.41, 5.74) is 0.737. The molecule has 1 amide bonds. The van der Waals surface area contributed by atoms with Gasteiger partial charge in [0.2, 0.25) is 11.8 Å². The quantitative estimate of drug-likeness (QED) is 0.539. The lowest BCUT2D eigenvalue weighted by Crippen LogP contribution is -2.46. The molecule has 0 aliphatic heterocycles. The average Bonchev–Trinajstić information content (AvgIpc) is 3.12. The van der Waals surface area contributed by atoms with Crippen LogP contribution in [0.1, 0.15) is 20.3 Å². The van der Waals surface area contributed by atoms with Gasteiger partial charge in [0.25, 0.3) is 5.22 Å². The Morgan fingerprint density at radius 1 is 1.31 bits per heavy atom. The van der Waals surface area contributed by atoms with E-state index < -0.39 is 12.0 Å². The molecule has 140 valence electrons. The van der Waals surface area contributed by atoms with Crippen LogP contribution >= 0.6 is 23.4 Å². The average molecular weight is 398 g/mol. The van der Waals surface area contributed by atoms with E-state index in [0.29, 0.717) is 10.9 Å². The predicted octanol–water partition coefficient (Wildman–Crippen LogP) is 3.19. The Labute approximate surface area is 160 Å². The monoisotopic (exact) mass is 397 g/mol. The van der Waals surface area contributed by atoms with Crippen molar-refractivity contribution in [1.29, 1.82) is 0 Å². The first-order valence-electron chi connectivity index (χ1n) is 8.04. The maximum absolute atomic E-state index is 12.1. The summed E-state index contributed by atoms with van der Waals surface area (Å²) in [5, 5.41) is 11.4. The number of methoxy groups -OCH3 is 1. The highest BCUT2D eigenvalue weighted by molar-refractivity contribution is 7.99. The summed E-state index contributed by atoms with van der Waals surface area (Å²) < 4.78 is 10.3. The molecule has 0 spiro atoms. The molecule has 0 saturated carbocycles. The number of rotatable bonds is 8. The van der Waals surface area contributed by atoms with Crippen molar-refractivity contribution in [2.24, 2.45) is 5.92 Å². The molecule has 0 aliphatic rings. The molecule has 7 nitrogen and oxygen atoms in total. The number of thioether (sulfide) groups is 1. The van der Waals surface area contributed by atoms with Crippen LogP contribution < -0.4 is 5.32 Å². The topological polar surface area (TPSA) is 94.3 Å². The fourth-order valence-corrected chi connectivity index (χ4v) is 2.82. The number of amides is 1. The van der Waals surface area contributed by atoms with Crippen LogP contribution in [0.5, 0.6) is 0 Å². The molecule has 9 heteroatoms. The van der Waals surface area contributed by atoms with Gasteiger partial charge in [-0.1, -0.05) is 43.6 Å². The summed E-state index contributed by atoms with van der Waals surface area (Å²) in [5.74, 6) is -0.406. The van der Waals surface area contributed by atoms with Gasteiger partial charge in [-0.05, 0) is 30.2 Å². The highest BCUT2D eigenvalue weighted by atomic mass is 35.5. The van der Waals surface area contributed by atoms with Crippen LogP contribution in [0.15, 0.2) is 33.9 Å². The van der Waals surface area contributed by atoms with E-state index in [1.165, 1.54) is 7.11 Å². The number of halogens is 1. The summed E-state index contributed by atoms with van der Waals surface area (Å²) in [4.78, 5) is 23.9. The van der Waals surface area contributed by atoms with Gasteiger partial charge in [0.1, 0.15) is 6.04 Å². The van der Waals surface area contributed by atoms with Gasteiger partial charge in [0, 0.05) is 10.6 Å².